The number of carbonyl (C=O) groups excluding carboxylic acids is 2. The highest BCUT2D eigenvalue weighted by molar-refractivity contribution is 5.98. The van der Waals surface area contributed by atoms with Crippen molar-refractivity contribution >= 4 is 11.8 Å². The molecule has 2 aliphatic rings. The first-order valence-electron chi connectivity index (χ1n) is 11.4. The molecular weight excluding hydrogens is 434 g/mol. The Morgan fingerprint density at radius 1 is 0.882 bits per heavy atom. The van der Waals surface area contributed by atoms with Gasteiger partial charge in [-0.3, -0.25) is 9.59 Å². The van der Waals surface area contributed by atoms with E-state index in [9.17, 15) is 9.59 Å². The number of hydrogen-bond donors (Lipinski definition) is 0. The molecule has 0 atom stereocenters. The van der Waals surface area contributed by atoms with Gasteiger partial charge in [0.15, 0.2) is 5.69 Å². The van der Waals surface area contributed by atoms with E-state index >= 15 is 0 Å². The minimum Gasteiger partial charge on any atom is -0.497 e. The van der Waals surface area contributed by atoms with Crippen LogP contribution < -0.4 is 9.47 Å². The molecule has 2 amide bonds. The monoisotopic (exact) mass is 461 g/mol. The number of amides is 2. The molecule has 2 aromatic carbocycles. The van der Waals surface area contributed by atoms with E-state index in [-0.39, 0.29) is 11.8 Å². The normalized spacial score (nSPS) is 15.8. The van der Waals surface area contributed by atoms with Crippen molar-refractivity contribution < 1.29 is 19.1 Å². The van der Waals surface area contributed by atoms with Gasteiger partial charge in [-0.05, 0) is 37.1 Å². The Morgan fingerprint density at radius 2 is 1.56 bits per heavy atom. The Hall–Kier alpha value is -3.88. The summed E-state index contributed by atoms with van der Waals surface area (Å²) in [5.74, 6) is 1.14. The third kappa shape index (κ3) is 4.09. The van der Waals surface area contributed by atoms with Gasteiger partial charge in [0.25, 0.3) is 11.8 Å². The zero-order valence-electron chi connectivity index (χ0n) is 19.3. The highest BCUT2D eigenvalue weighted by Crippen LogP contribution is 2.42. The molecular formula is C25H27N5O4. The van der Waals surface area contributed by atoms with Crippen LogP contribution >= 0.6 is 0 Å². The van der Waals surface area contributed by atoms with Gasteiger partial charge in [-0.1, -0.05) is 23.4 Å². The van der Waals surface area contributed by atoms with Crippen LogP contribution in [0.4, 0.5) is 0 Å². The van der Waals surface area contributed by atoms with Crippen molar-refractivity contribution in [2.45, 2.75) is 18.8 Å². The molecule has 1 saturated carbocycles. The fourth-order valence-electron chi connectivity index (χ4n) is 4.33. The number of carbonyl (C=O) groups is 2. The fraction of sp³-hybridized carbons (Fsp3) is 0.360. The number of ether oxygens (including phenoxy) is 2. The SMILES string of the molecule is COc1ccc(C(=O)N2CCN(C(=O)c3nnn(-c4ccccc4)c3C3CC3)CC2)c(OC)c1. The van der Waals surface area contributed by atoms with Crippen molar-refractivity contribution in [3.05, 3.63) is 65.5 Å². The van der Waals surface area contributed by atoms with Crippen LogP contribution in [-0.4, -0.2) is 77.0 Å². The molecule has 176 valence electrons. The molecule has 2 heterocycles. The summed E-state index contributed by atoms with van der Waals surface area (Å²) in [4.78, 5) is 30.0. The van der Waals surface area contributed by atoms with E-state index in [1.54, 1.807) is 39.8 Å². The second-order valence-corrected chi connectivity index (χ2v) is 8.50. The Bertz CT molecular complexity index is 1200. The van der Waals surface area contributed by atoms with Gasteiger partial charge in [-0.2, -0.15) is 0 Å². The Labute approximate surface area is 197 Å². The number of nitrogens with zero attached hydrogens (tertiary/aromatic N) is 5. The zero-order valence-corrected chi connectivity index (χ0v) is 19.3. The van der Waals surface area contributed by atoms with Crippen LogP contribution in [-0.2, 0) is 0 Å². The van der Waals surface area contributed by atoms with Crippen molar-refractivity contribution in [3.63, 3.8) is 0 Å². The lowest BCUT2D eigenvalue weighted by Gasteiger charge is -2.34. The minimum atomic E-state index is -0.127. The van der Waals surface area contributed by atoms with Crippen LogP contribution in [0.15, 0.2) is 48.5 Å². The molecule has 1 saturated heterocycles. The third-order valence-corrected chi connectivity index (χ3v) is 6.37. The van der Waals surface area contributed by atoms with Gasteiger partial charge < -0.3 is 19.3 Å². The lowest BCUT2D eigenvalue weighted by atomic mass is 10.1. The number of hydrogen-bond acceptors (Lipinski definition) is 6. The van der Waals surface area contributed by atoms with Gasteiger partial charge in [-0.15, -0.1) is 5.10 Å². The summed E-state index contributed by atoms with van der Waals surface area (Å²) < 4.78 is 12.4. The van der Waals surface area contributed by atoms with Crippen LogP contribution in [0.2, 0.25) is 0 Å². The molecule has 0 radical (unpaired) electrons. The van der Waals surface area contributed by atoms with Crippen molar-refractivity contribution in [2.24, 2.45) is 0 Å². The standard InChI is InChI=1S/C25H27N5O4/c1-33-19-10-11-20(21(16-19)34-2)24(31)28-12-14-29(15-13-28)25(32)22-23(17-8-9-17)30(27-26-22)18-6-4-3-5-7-18/h3-7,10-11,16-17H,8-9,12-15H2,1-2H3. The van der Waals surface area contributed by atoms with Gasteiger partial charge in [0.2, 0.25) is 0 Å². The predicted molar refractivity (Wildman–Crippen MR) is 125 cm³/mol. The number of methoxy groups -OCH3 is 2. The summed E-state index contributed by atoms with van der Waals surface area (Å²) in [7, 11) is 3.10. The second-order valence-electron chi connectivity index (χ2n) is 8.50. The zero-order chi connectivity index (χ0) is 23.7. The summed E-state index contributed by atoms with van der Waals surface area (Å²) in [5, 5.41) is 8.59. The smallest absolute Gasteiger partial charge is 0.276 e. The van der Waals surface area contributed by atoms with Gasteiger partial charge in [0.1, 0.15) is 11.5 Å². The van der Waals surface area contributed by atoms with Crippen LogP contribution in [0.25, 0.3) is 5.69 Å². The van der Waals surface area contributed by atoms with Crippen molar-refractivity contribution in [3.8, 4) is 17.2 Å². The number of piperazine rings is 1. The second kappa shape index (κ2) is 9.17. The molecule has 0 N–H and O–H groups in total. The molecule has 2 fully saturated rings. The van der Waals surface area contributed by atoms with Gasteiger partial charge >= 0.3 is 0 Å². The van der Waals surface area contributed by atoms with E-state index in [4.69, 9.17) is 9.47 Å². The first-order valence-corrected chi connectivity index (χ1v) is 11.4. The highest BCUT2D eigenvalue weighted by Gasteiger charge is 2.36. The summed E-state index contributed by atoms with van der Waals surface area (Å²) >= 11 is 0. The van der Waals surface area contributed by atoms with Gasteiger partial charge in [-0.25, -0.2) is 4.68 Å². The molecule has 0 unspecified atom stereocenters. The Balaban J connectivity index is 1.30. The molecule has 3 aromatic rings. The first kappa shape index (κ1) is 21.9. The maximum Gasteiger partial charge on any atom is 0.276 e. The molecule has 1 aromatic heterocycles. The van der Waals surface area contributed by atoms with Gasteiger partial charge in [0, 0.05) is 38.2 Å². The van der Waals surface area contributed by atoms with Crippen molar-refractivity contribution in [2.75, 3.05) is 40.4 Å². The van der Waals surface area contributed by atoms with Crippen molar-refractivity contribution in [1.29, 1.82) is 0 Å². The lowest BCUT2D eigenvalue weighted by molar-refractivity contribution is 0.0529. The summed E-state index contributed by atoms with van der Waals surface area (Å²) in [6.07, 6.45) is 2.07. The topological polar surface area (TPSA) is 89.8 Å². The minimum absolute atomic E-state index is 0.125. The summed E-state index contributed by atoms with van der Waals surface area (Å²) in [5.41, 5.74) is 2.69. The highest BCUT2D eigenvalue weighted by atomic mass is 16.5. The summed E-state index contributed by atoms with van der Waals surface area (Å²) in [6.45, 7) is 1.74. The maximum atomic E-state index is 13.4. The van der Waals surface area contributed by atoms with Crippen molar-refractivity contribution in [1.82, 2.24) is 24.8 Å². The quantitative estimate of drug-likeness (QED) is 0.561. The first-order chi connectivity index (χ1) is 16.6. The molecule has 1 aliphatic carbocycles. The molecule has 34 heavy (non-hydrogen) atoms. The maximum absolute atomic E-state index is 13.4. The lowest BCUT2D eigenvalue weighted by Crippen LogP contribution is -2.50. The molecule has 5 rings (SSSR count). The number of aromatic nitrogens is 3. The van der Waals surface area contributed by atoms with E-state index in [1.807, 2.05) is 30.3 Å². The predicted octanol–water partition coefficient (Wildman–Crippen LogP) is 2.76. The third-order valence-electron chi connectivity index (χ3n) is 6.37. The number of para-hydroxylation sites is 1. The number of rotatable bonds is 6. The molecule has 0 bridgehead atoms. The number of benzene rings is 2. The summed E-state index contributed by atoms with van der Waals surface area (Å²) in [6, 6.07) is 14.9. The molecule has 0 spiro atoms. The Kier molecular flexibility index (Phi) is 5.91. The van der Waals surface area contributed by atoms with Crippen LogP contribution in [0.3, 0.4) is 0 Å². The largest absolute Gasteiger partial charge is 0.497 e. The average molecular weight is 462 g/mol. The van der Waals surface area contributed by atoms with E-state index < -0.39 is 0 Å². The molecule has 9 nitrogen and oxygen atoms in total. The van der Waals surface area contributed by atoms with Crippen LogP contribution in [0, 0.1) is 0 Å². The van der Waals surface area contributed by atoms with Gasteiger partial charge in [0.05, 0.1) is 31.2 Å². The molecule has 9 heteroatoms. The van der Waals surface area contributed by atoms with Crippen LogP contribution in [0.1, 0.15) is 45.3 Å². The fourth-order valence-corrected chi connectivity index (χ4v) is 4.33. The molecule has 1 aliphatic heterocycles. The van der Waals surface area contributed by atoms with E-state index in [0.29, 0.717) is 54.9 Å². The Morgan fingerprint density at radius 3 is 2.18 bits per heavy atom. The average Bonchev–Trinajstić information content (AvgIpc) is 3.65. The van der Waals surface area contributed by atoms with Crippen LogP contribution in [0.5, 0.6) is 11.5 Å². The van der Waals surface area contributed by atoms with E-state index in [0.717, 1.165) is 24.2 Å². The van der Waals surface area contributed by atoms with E-state index in [2.05, 4.69) is 10.3 Å². The van der Waals surface area contributed by atoms with E-state index in [1.165, 1.54) is 7.11 Å².